The molecule has 0 bridgehead atoms. The smallest absolute Gasteiger partial charge is 0.261 e. The number of benzene rings is 2. The van der Waals surface area contributed by atoms with Gasteiger partial charge in [-0.3, -0.25) is 19.4 Å². The molecule has 2 aromatic carbocycles. The first-order valence-corrected chi connectivity index (χ1v) is 14.2. The molecular weight excluding hydrogens is 536 g/mol. The number of carbonyl (C=O) groups is 3. The van der Waals surface area contributed by atoms with E-state index in [4.69, 9.17) is 17.2 Å². The quantitative estimate of drug-likeness (QED) is 0.176. The third kappa shape index (κ3) is 4.40. The van der Waals surface area contributed by atoms with Crippen molar-refractivity contribution in [2.24, 2.45) is 11.5 Å². The molecule has 0 radical (unpaired) electrons. The van der Waals surface area contributed by atoms with Gasteiger partial charge < -0.3 is 27.8 Å². The van der Waals surface area contributed by atoms with Crippen molar-refractivity contribution >= 4 is 44.7 Å². The highest BCUT2D eigenvalue weighted by atomic mass is 32.1. The van der Waals surface area contributed by atoms with E-state index < -0.39 is 17.4 Å². The Bertz CT molecular complexity index is 1720. The van der Waals surface area contributed by atoms with E-state index in [0.29, 0.717) is 55.9 Å². The van der Waals surface area contributed by atoms with Gasteiger partial charge in [-0.2, -0.15) is 0 Å². The second-order valence-electron chi connectivity index (χ2n) is 10.6. The molecule has 41 heavy (non-hydrogen) atoms. The lowest BCUT2D eigenvalue weighted by atomic mass is 9.70. The third-order valence-corrected chi connectivity index (χ3v) is 9.36. The van der Waals surface area contributed by atoms with Gasteiger partial charge >= 0.3 is 0 Å². The molecule has 2 heterocycles. The van der Waals surface area contributed by atoms with Gasteiger partial charge in [0.2, 0.25) is 5.91 Å². The lowest BCUT2D eigenvalue weighted by Gasteiger charge is -2.36. The molecule has 10 heteroatoms. The monoisotopic (exact) mass is 566 g/mol. The zero-order chi connectivity index (χ0) is 28.9. The van der Waals surface area contributed by atoms with Crippen LogP contribution < -0.4 is 27.8 Å². The number of anilines is 1. The number of nitrogen functional groups attached to an aromatic ring is 1. The number of thiophene rings is 1. The molecule has 8 N–H and O–H groups in total. The summed E-state index contributed by atoms with van der Waals surface area (Å²) in [7, 11) is 0. The number of nitrogens with one attached hydrogen (secondary N) is 2. The van der Waals surface area contributed by atoms with Gasteiger partial charge in [0.1, 0.15) is 5.54 Å². The van der Waals surface area contributed by atoms with Gasteiger partial charge in [-0.15, -0.1) is 11.3 Å². The molecule has 208 valence electrons. The van der Waals surface area contributed by atoms with Crippen LogP contribution in [0.1, 0.15) is 51.7 Å². The van der Waals surface area contributed by atoms with Gasteiger partial charge in [-0.25, -0.2) is 0 Å². The fourth-order valence-corrected chi connectivity index (χ4v) is 7.25. The average molecular weight is 567 g/mol. The number of Topliss-reactive ketones (excluding diaryl/α,β-unsaturated/α-hetero) is 1. The Labute approximate surface area is 240 Å². The number of aromatic nitrogens is 1. The first kappa shape index (κ1) is 26.8. The Kier molecular flexibility index (Phi) is 6.69. The lowest BCUT2D eigenvalue weighted by molar-refractivity contribution is -0.124. The minimum atomic E-state index is -1.57. The summed E-state index contributed by atoms with van der Waals surface area (Å²) in [6.45, 7) is 3.49. The minimum Gasteiger partial charge on any atom is -0.398 e. The van der Waals surface area contributed by atoms with Crippen LogP contribution in [0, 0.1) is 0 Å². The largest absolute Gasteiger partial charge is 0.398 e. The fourth-order valence-electron chi connectivity index (χ4n) is 6.04. The zero-order valence-corrected chi connectivity index (χ0v) is 23.0. The van der Waals surface area contributed by atoms with Crippen LogP contribution in [0.5, 0.6) is 0 Å². The van der Waals surface area contributed by atoms with Crippen molar-refractivity contribution in [2.75, 3.05) is 5.73 Å². The molecule has 4 atom stereocenters. The maximum Gasteiger partial charge on any atom is 0.261 e. The Morgan fingerprint density at radius 2 is 1.80 bits per heavy atom. The molecular formula is C31H30N6O3S. The number of rotatable bonds is 6. The molecule has 1 fully saturated rings. The van der Waals surface area contributed by atoms with E-state index in [2.05, 4.69) is 22.2 Å². The van der Waals surface area contributed by atoms with Crippen molar-refractivity contribution in [1.29, 1.82) is 0 Å². The highest BCUT2D eigenvalue weighted by Gasteiger charge is 2.49. The van der Waals surface area contributed by atoms with Crippen LogP contribution in [0.2, 0.25) is 0 Å². The van der Waals surface area contributed by atoms with E-state index in [0.717, 1.165) is 12.0 Å². The second kappa shape index (κ2) is 10.2. The third-order valence-electron chi connectivity index (χ3n) is 8.10. The van der Waals surface area contributed by atoms with Crippen molar-refractivity contribution in [3.05, 3.63) is 95.0 Å². The van der Waals surface area contributed by atoms with E-state index >= 15 is 0 Å². The van der Waals surface area contributed by atoms with Crippen molar-refractivity contribution < 1.29 is 14.4 Å². The molecule has 2 amide bonds. The standard InChI is InChI=1S/C31H30N6O3S/c1-2-23(38)36-18-8-9-19(15-18)37-30(40)28-25-24-20(10-11-21(32)27(24)41-28)31(34,29(39)26(25)33)17-12-13-35-22(14-17)16-6-4-3-5-7-16/h2-7,10-14,18-19,26H,1,8-9,15,32-34H2,(H,36,38)(H,37,40)/t18-,19+,26?,31?/m1/s1. The molecule has 2 aliphatic carbocycles. The SMILES string of the molecule is C=CC(=O)N[C@@H]1CC[C@H](NC(=O)c2sc3c(N)ccc4c3c2C(N)C(=O)C4(N)c2ccnc(-c3ccccc3)c2)C1. The normalized spacial score (nSPS) is 23.4. The number of carbonyl (C=O) groups excluding carboxylic acids is 3. The molecule has 6 rings (SSSR count). The van der Waals surface area contributed by atoms with Crippen LogP contribution in [-0.4, -0.2) is 34.7 Å². The number of hydrogen-bond donors (Lipinski definition) is 5. The number of nitrogens with two attached hydrogens (primary N) is 3. The van der Waals surface area contributed by atoms with Crippen LogP contribution in [0.15, 0.2) is 73.4 Å². The van der Waals surface area contributed by atoms with Crippen LogP contribution in [-0.2, 0) is 15.1 Å². The Morgan fingerprint density at radius 3 is 2.54 bits per heavy atom. The van der Waals surface area contributed by atoms with Gasteiger partial charge in [0.25, 0.3) is 5.91 Å². The lowest BCUT2D eigenvalue weighted by Crippen LogP contribution is -2.52. The number of hydrogen-bond acceptors (Lipinski definition) is 8. The van der Waals surface area contributed by atoms with Crippen LogP contribution >= 0.6 is 11.3 Å². The van der Waals surface area contributed by atoms with Crippen molar-refractivity contribution in [3.8, 4) is 11.3 Å². The number of ketones is 1. The summed E-state index contributed by atoms with van der Waals surface area (Å²) in [6, 6.07) is 15.3. The first-order valence-electron chi connectivity index (χ1n) is 13.4. The summed E-state index contributed by atoms with van der Waals surface area (Å²) in [4.78, 5) is 44.3. The number of pyridine rings is 1. The van der Waals surface area contributed by atoms with Crippen LogP contribution in [0.3, 0.4) is 0 Å². The molecule has 2 unspecified atom stereocenters. The van der Waals surface area contributed by atoms with Gasteiger partial charge in [0.05, 0.1) is 21.3 Å². The summed E-state index contributed by atoms with van der Waals surface area (Å²) in [5, 5.41) is 6.61. The highest BCUT2D eigenvalue weighted by molar-refractivity contribution is 7.21. The summed E-state index contributed by atoms with van der Waals surface area (Å²) >= 11 is 1.22. The predicted molar refractivity (Wildman–Crippen MR) is 160 cm³/mol. The van der Waals surface area contributed by atoms with Gasteiger partial charge in [0, 0.05) is 40.5 Å². The molecule has 2 aromatic heterocycles. The summed E-state index contributed by atoms with van der Waals surface area (Å²) in [5.74, 6) is -0.976. The first-order chi connectivity index (χ1) is 19.7. The Balaban J connectivity index is 1.40. The molecule has 2 aliphatic rings. The molecule has 1 saturated carbocycles. The van der Waals surface area contributed by atoms with Crippen LogP contribution in [0.25, 0.3) is 21.3 Å². The topological polar surface area (TPSA) is 166 Å². The summed E-state index contributed by atoms with van der Waals surface area (Å²) in [5.41, 5.74) is 22.1. The molecule has 0 aliphatic heterocycles. The number of nitrogens with zero attached hydrogens (tertiary/aromatic N) is 1. The fraction of sp³-hybridized carbons (Fsp3) is 0.226. The second-order valence-corrected chi connectivity index (χ2v) is 11.6. The Morgan fingerprint density at radius 1 is 1.07 bits per heavy atom. The van der Waals surface area contributed by atoms with E-state index in [9.17, 15) is 14.4 Å². The molecule has 4 aromatic rings. The summed E-state index contributed by atoms with van der Waals surface area (Å²) < 4.78 is 0.667. The molecule has 9 nitrogen and oxygen atoms in total. The van der Waals surface area contributed by atoms with Gasteiger partial charge in [-0.1, -0.05) is 43.0 Å². The zero-order valence-electron chi connectivity index (χ0n) is 22.2. The Hall–Kier alpha value is -4.38. The maximum absolute atomic E-state index is 14.1. The van der Waals surface area contributed by atoms with Crippen molar-refractivity contribution in [2.45, 2.75) is 42.9 Å². The molecule has 0 saturated heterocycles. The van der Waals surface area contributed by atoms with E-state index in [1.807, 2.05) is 36.4 Å². The minimum absolute atomic E-state index is 0.0448. The van der Waals surface area contributed by atoms with Crippen molar-refractivity contribution in [1.82, 2.24) is 15.6 Å². The van der Waals surface area contributed by atoms with E-state index in [1.54, 1.807) is 24.4 Å². The van der Waals surface area contributed by atoms with E-state index in [-0.39, 0.29) is 23.9 Å². The summed E-state index contributed by atoms with van der Waals surface area (Å²) in [6.07, 6.45) is 4.92. The molecule has 0 spiro atoms. The predicted octanol–water partition coefficient (Wildman–Crippen LogP) is 3.28. The maximum atomic E-state index is 14.1. The van der Waals surface area contributed by atoms with Crippen molar-refractivity contribution in [3.63, 3.8) is 0 Å². The van der Waals surface area contributed by atoms with Crippen LogP contribution in [0.4, 0.5) is 5.69 Å². The average Bonchev–Trinajstić information content (AvgIpc) is 3.61. The highest BCUT2D eigenvalue weighted by Crippen LogP contribution is 2.49. The van der Waals surface area contributed by atoms with Gasteiger partial charge in [-0.05, 0) is 54.7 Å². The van der Waals surface area contributed by atoms with E-state index in [1.165, 1.54) is 17.4 Å². The number of amides is 2. The van der Waals surface area contributed by atoms with Gasteiger partial charge in [0.15, 0.2) is 5.78 Å².